The summed E-state index contributed by atoms with van der Waals surface area (Å²) < 4.78 is 10.8. The fraction of sp³-hybridized carbons (Fsp3) is 0.348. The molecule has 0 N–H and O–H groups in total. The number of esters is 1. The van der Waals surface area contributed by atoms with E-state index in [-0.39, 0.29) is 16.5 Å². The molecule has 0 aromatic heterocycles. The highest BCUT2D eigenvalue weighted by Gasteiger charge is 2.41. The molecule has 2 aromatic carbocycles. The average Bonchev–Trinajstić information content (AvgIpc) is 3.10. The van der Waals surface area contributed by atoms with Gasteiger partial charge in [0.05, 0.1) is 24.5 Å². The van der Waals surface area contributed by atoms with E-state index in [2.05, 4.69) is 26.0 Å². The second kappa shape index (κ2) is 8.66. The van der Waals surface area contributed by atoms with Crippen LogP contribution in [0.5, 0.6) is 5.75 Å². The van der Waals surface area contributed by atoms with Gasteiger partial charge in [-0.25, -0.2) is 4.79 Å². The van der Waals surface area contributed by atoms with Crippen molar-refractivity contribution in [3.63, 3.8) is 0 Å². The molecule has 1 aliphatic rings. The monoisotopic (exact) mass is 382 g/mol. The quantitative estimate of drug-likeness (QED) is 0.616. The van der Waals surface area contributed by atoms with Gasteiger partial charge in [0, 0.05) is 5.25 Å². The number of hydrogen-bond donors (Lipinski definition) is 0. The molecule has 3 rings (SSSR count). The third-order valence-corrected chi connectivity index (χ3v) is 6.58. The molecular weight excluding hydrogens is 356 g/mol. The van der Waals surface area contributed by atoms with Crippen LogP contribution >= 0.6 is 11.8 Å². The molecule has 0 aliphatic carbocycles. The van der Waals surface area contributed by atoms with Gasteiger partial charge in [0.2, 0.25) is 0 Å². The molecule has 0 radical (unpaired) electrons. The summed E-state index contributed by atoms with van der Waals surface area (Å²) in [6, 6.07) is 18.3. The second-order valence-corrected chi connectivity index (χ2v) is 8.12. The summed E-state index contributed by atoms with van der Waals surface area (Å²) >= 11 is 1.84. The minimum Gasteiger partial charge on any atom is -0.497 e. The van der Waals surface area contributed by atoms with Gasteiger partial charge < -0.3 is 9.47 Å². The Morgan fingerprint density at radius 1 is 1.07 bits per heavy atom. The molecule has 3 nitrogen and oxygen atoms in total. The lowest BCUT2D eigenvalue weighted by molar-refractivity contribution is -0.138. The van der Waals surface area contributed by atoms with Gasteiger partial charge in [0.15, 0.2) is 0 Å². The Kier molecular flexibility index (Phi) is 6.27. The van der Waals surface area contributed by atoms with Crippen LogP contribution in [0.25, 0.3) is 5.57 Å². The molecule has 0 saturated heterocycles. The van der Waals surface area contributed by atoms with Crippen molar-refractivity contribution in [1.82, 2.24) is 0 Å². The van der Waals surface area contributed by atoms with Gasteiger partial charge in [0.25, 0.3) is 0 Å². The Morgan fingerprint density at radius 3 is 2.30 bits per heavy atom. The van der Waals surface area contributed by atoms with E-state index in [0.717, 1.165) is 22.5 Å². The SMILES string of the molecule is CCOC(=O)C1=C(c2ccc(OC)cc2)C(c2ccccc2)SC1C(C)C. The zero-order valence-corrected chi connectivity index (χ0v) is 17.1. The Balaban J connectivity index is 2.17. The predicted molar refractivity (Wildman–Crippen MR) is 112 cm³/mol. The van der Waals surface area contributed by atoms with Crippen LogP contribution in [0.3, 0.4) is 0 Å². The van der Waals surface area contributed by atoms with Crippen LogP contribution in [0.1, 0.15) is 37.1 Å². The maximum Gasteiger partial charge on any atom is 0.335 e. The van der Waals surface area contributed by atoms with Crippen molar-refractivity contribution >= 4 is 23.3 Å². The van der Waals surface area contributed by atoms with Crippen molar-refractivity contribution in [2.75, 3.05) is 13.7 Å². The van der Waals surface area contributed by atoms with E-state index in [1.165, 1.54) is 5.56 Å². The van der Waals surface area contributed by atoms with E-state index in [1.54, 1.807) is 7.11 Å². The first-order valence-corrected chi connectivity index (χ1v) is 10.3. The van der Waals surface area contributed by atoms with Crippen LogP contribution in [0, 0.1) is 5.92 Å². The lowest BCUT2D eigenvalue weighted by Gasteiger charge is -2.18. The van der Waals surface area contributed by atoms with E-state index >= 15 is 0 Å². The van der Waals surface area contributed by atoms with Crippen LogP contribution in [0.15, 0.2) is 60.2 Å². The minimum atomic E-state index is -0.201. The van der Waals surface area contributed by atoms with Crippen LogP contribution in [-0.2, 0) is 9.53 Å². The molecular formula is C23H26O3S. The molecule has 2 atom stereocenters. The summed E-state index contributed by atoms with van der Waals surface area (Å²) in [5.74, 6) is 0.934. The Morgan fingerprint density at radius 2 is 1.74 bits per heavy atom. The molecule has 0 spiro atoms. The van der Waals surface area contributed by atoms with Crippen LogP contribution in [-0.4, -0.2) is 24.9 Å². The highest BCUT2D eigenvalue weighted by Crippen LogP contribution is 2.55. The normalized spacial score (nSPS) is 19.4. The number of hydrogen-bond acceptors (Lipinski definition) is 4. The highest BCUT2D eigenvalue weighted by atomic mass is 32.2. The van der Waals surface area contributed by atoms with E-state index in [4.69, 9.17) is 9.47 Å². The first-order valence-electron chi connectivity index (χ1n) is 9.32. The van der Waals surface area contributed by atoms with Gasteiger partial charge in [0.1, 0.15) is 5.75 Å². The molecule has 2 unspecified atom stereocenters. The summed E-state index contributed by atoms with van der Waals surface area (Å²) in [7, 11) is 1.66. The number of carbonyl (C=O) groups excluding carboxylic acids is 1. The summed E-state index contributed by atoms with van der Waals surface area (Å²) in [5, 5.41) is 0.206. The molecule has 0 bridgehead atoms. The fourth-order valence-electron chi connectivity index (χ4n) is 3.45. The second-order valence-electron chi connectivity index (χ2n) is 6.87. The molecule has 27 heavy (non-hydrogen) atoms. The molecule has 0 amide bonds. The minimum absolute atomic E-state index is 0.103. The first kappa shape index (κ1) is 19.6. The predicted octanol–water partition coefficient (Wildman–Crippen LogP) is 5.52. The van der Waals surface area contributed by atoms with Crippen molar-refractivity contribution in [1.29, 1.82) is 0 Å². The van der Waals surface area contributed by atoms with Gasteiger partial charge >= 0.3 is 5.97 Å². The van der Waals surface area contributed by atoms with Crippen LogP contribution in [0.4, 0.5) is 0 Å². The molecule has 142 valence electrons. The van der Waals surface area contributed by atoms with Crippen molar-refractivity contribution in [2.24, 2.45) is 5.92 Å². The first-order chi connectivity index (χ1) is 13.1. The van der Waals surface area contributed by atoms with E-state index in [9.17, 15) is 4.79 Å². The molecule has 1 heterocycles. The topological polar surface area (TPSA) is 35.5 Å². The molecule has 0 fully saturated rings. The maximum absolute atomic E-state index is 12.9. The number of carbonyl (C=O) groups is 1. The Bertz CT molecular complexity index is 809. The third kappa shape index (κ3) is 4.06. The van der Waals surface area contributed by atoms with Crippen molar-refractivity contribution < 1.29 is 14.3 Å². The van der Waals surface area contributed by atoms with Crippen molar-refractivity contribution in [2.45, 2.75) is 31.3 Å². The zero-order valence-electron chi connectivity index (χ0n) is 16.3. The number of ether oxygens (including phenoxy) is 2. The summed E-state index contributed by atoms with van der Waals surface area (Å²) in [6.07, 6.45) is 0. The Hall–Kier alpha value is -2.20. The lowest BCUT2D eigenvalue weighted by atomic mass is 9.89. The summed E-state index contributed by atoms with van der Waals surface area (Å²) in [4.78, 5) is 12.9. The third-order valence-electron chi connectivity index (χ3n) is 4.72. The van der Waals surface area contributed by atoms with Gasteiger partial charge in [-0.1, -0.05) is 56.3 Å². The van der Waals surface area contributed by atoms with Crippen LogP contribution in [0.2, 0.25) is 0 Å². The molecule has 2 aromatic rings. The number of thioether (sulfide) groups is 1. The van der Waals surface area contributed by atoms with E-state index in [0.29, 0.717) is 12.5 Å². The number of methoxy groups -OCH3 is 1. The molecule has 4 heteroatoms. The largest absolute Gasteiger partial charge is 0.497 e. The smallest absolute Gasteiger partial charge is 0.335 e. The van der Waals surface area contributed by atoms with Gasteiger partial charge in [-0.2, -0.15) is 0 Å². The fourth-order valence-corrected chi connectivity index (χ4v) is 5.13. The highest BCUT2D eigenvalue weighted by molar-refractivity contribution is 8.01. The zero-order chi connectivity index (χ0) is 19.4. The van der Waals surface area contributed by atoms with Gasteiger partial charge in [-0.3, -0.25) is 0 Å². The van der Waals surface area contributed by atoms with Gasteiger partial charge in [-0.05, 0) is 41.7 Å². The molecule has 1 aliphatic heterocycles. The summed E-state index contributed by atoms with van der Waals surface area (Å²) in [6.45, 7) is 6.56. The average molecular weight is 383 g/mol. The standard InChI is InChI=1S/C23H26O3S/c1-5-26-23(24)20-19(16-11-13-18(25-4)14-12-16)22(27-21(20)15(2)3)17-9-7-6-8-10-17/h6-15,21-22H,5H2,1-4H3. The maximum atomic E-state index is 12.9. The van der Waals surface area contributed by atoms with E-state index in [1.807, 2.05) is 61.2 Å². The lowest BCUT2D eigenvalue weighted by Crippen LogP contribution is -2.20. The summed E-state index contributed by atoms with van der Waals surface area (Å²) in [5.41, 5.74) is 4.11. The van der Waals surface area contributed by atoms with Gasteiger partial charge in [-0.15, -0.1) is 11.8 Å². The van der Waals surface area contributed by atoms with Crippen molar-refractivity contribution in [3.8, 4) is 5.75 Å². The van der Waals surface area contributed by atoms with Crippen molar-refractivity contribution in [3.05, 3.63) is 71.3 Å². The van der Waals surface area contributed by atoms with E-state index < -0.39 is 0 Å². The number of rotatable bonds is 6. The number of benzene rings is 2. The molecule has 0 saturated carbocycles. The van der Waals surface area contributed by atoms with Crippen LogP contribution < -0.4 is 4.74 Å². The Labute approximate surface area is 165 Å².